The summed E-state index contributed by atoms with van der Waals surface area (Å²) in [7, 11) is 4.52. The fraction of sp³-hybridized carbons (Fsp3) is 1.00. The van der Waals surface area contributed by atoms with Crippen molar-refractivity contribution in [3.63, 3.8) is 0 Å². The number of hydrogen-bond acceptors (Lipinski definition) is 2. The number of hydrogen-bond donors (Lipinski definition) is 2. The van der Waals surface area contributed by atoms with Crippen molar-refractivity contribution in [3.8, 4) is 0 Å². The molecule has 2 N–H and O–H groups in total. The number of rotatable bonds is 2. The molecule has 9 heavy (non-hydrogen) atoms. The van der Waals surface area contributed by atoms with Crippen LogP contribution in [0.15, 0.2) is 0 Å². The molecule has 0 saturated heterocycles. The minimum atomic E-state index is -1.19. The van der Waals surface area contributed by atoms with Crippen LogP contribution in [0.25, 0.3) is 0 Å². The second kappa shape index (κ2) is 4.48. The summed E-state index contributed by atoms with van der Waals surface area (Å²) in [5, 5.41) is 16.9. The molecule has 0 aromatic rings. The van der Waals surface area contributed by atoms with Crippen molar-refractivity contribution in [2.75, 3.05) is 27.6 Å². The van der Waals surface area contributed by atoms with E-state index in [0.29, 0.717) is 10.9 Å². The van der Waals surface area contributed by atoms with Crippen LogP contribution in [0.4, 0.5) is 0 Å². The molecular weight excluding hydrogens is 232 g/mol. The van der Waals surface area contributed by atoms with E-state index in [4.69, 9.17) is 10.0 Å². The van der Waals surface area contributed by atoms with Gasteiger partial charge in [0.2, 0.25) is 0 Å². The summed E-state index contributed by atoms with van der Waals surface area (Å²) in [6, 6.07) is 0. The second-order valence-corrected chi connectivity index (χ2v) is 2.95. The Hall–Kier alpha value is 0.675. The molecule has 5 heteroatoms. The van der Waals surface area contributed by atoms with Gasteiger partial charge in [-0.05, 0) is 0 Å². The second-order valence-electron chi connectivity index (χ2n) is 2.95. The van der Waals surface area contributed by atoms with E-state index in [1.54, 1.807) is 0 Å². The van der Waals surface area contributed by atoms with Gasteiger partial charge in [0, 0.05) is 0 Å². The van der Waals surface area contributed by atoms with Crippen LogP contribution in [0.2, 0.25) is 0 Å². The number of halogens is 1. The van der Waals surface area contributed by atoms with Gasteiger partial charge in [0.25, 0.3) is 0 Å². The van der Waals surface area contributed by atoms with Crippen molar-refractivity contribution in [2.45, 2.75) is 0 Å². The maximum atomic E-state index is 8.43. The molecule has 0 bridgehead atoms. The zero-order chi connectivity index (χ0) is 6.78. The van der Waals surface area contributed by atoms with Crippen molar-refractivity contribution in [3.05, 3.63) is 0 Å². The molecule has 0 aliphatic rings. The summed E-state index contributed by atoms with van der Waals surface area (Å²) >= 11 is 0. The first-order valence-corrected chi connectivity index (χ1v) is 2.58. The monoisotopic (exact) mass is 245 g/mol. The van der Waals surface area contributed by atoms with Gasteiger partial charge in [0.15, 0.2) is 0 Å². The summed E-state index contributed by atoms with van der Waals surface area (Å²) < 4.78 is 0.581. The first kappa shape index (κ1) is 12.4. The van der Waals surface area contributed by atoms with Crippen LogP contribution in [0.5, 0.6) is 0 Å². The molecule has 0 aromatic carbocycles. The van der Waals surface area contributed by atoms with Gasteiger partial charge >= 0.3 is 7.12 Å². The van der Waals surface area contributed by atoms with E-state index in [-0.39, 0.29) is 24.0 Å². The lowest BCUT2D eigenvalue weighted by molar-refractivity contribution is -0.860. The Morgan fingerprint density at radius 3 is 1.56 bits per heavy atom. The molecule has 0 unspecified atom stereocenters. The van der Waals surface area contributed by atoms with Crippen LogP contribution in [-0.2, 0) is 0 Å². The molecule has 0 amide bonds. The molecule has 0 aromatic heterocycles. The minimum absolute atomic E-state index is 0. The maximum Gasteiger partial charge on any atom is 0.511 e. The van der Waals surface area contributed by atoms with E-state index in [0.717, 1.165) is 0 Å². The summed E-state index contributed by atoms with van der Waals surface area (Å²) in [5.41, 5.74) is 0. The molecule has 0 aliphatic carbocycles. The van der Waals surface area contributed by atoms with Gasteiger partial charge in [-0.3, -0.25) is 0 Å². The van der Waals surface area contributed by atoms with Crippen LogP contribution < -0.4 is 24.0 Å². The van der Waals surface area contributed by atoms with Crippen molar-refractivity contribution < 1.29 is 38.5 Å². The fourth-order valence-corrected chi connectivity index (χ4v) is 0.490. The first-order chi connectivity index (χ1) is 3.42. The molecule has 0 fully saturated rings. The third-order valence-electron chi connectivity index (χ3n) is 0.711. The summed E-state index contributed by atoms with van der Waals surface area (Å²) in [5.74, 6) is 0. The Morgan fingerprint density at radius 2 is 1.56 bits per heavy atom. The van der Waals surface area contributed by atoms with Gasteiger partial charge in [-0.15, -0.1) is 0 Å². The van der Waals surface area contributed by atoms with E-state index >= 15 is 0 Å². The quantitative estimate of drug-likeness (QED) is 0.293. The lowest BCUT2D eigenvalue weighted by Crippen LogP contribution is -3.00. The maximum absolute atomic E-state index is 8.43. The number of quaternary nitrogens is 1. The summed E-state index contributed by atoms with van der Waals surface area (Å²) in [4.78, 5) is 0. The Bertz CT molecular complexity index is 73.5. The van der Waals surface area contributed by atoms with Crippen LogP contribution in [-0.4, -0.2) is 49.2 Å². The Morgan fingerprint density at radius 1 is 1.22 bits per heavy atom. The van der Waals surface area contributed by atoms with E-state index in [9.17, 15) is 0 Å². The van der Waals surface area contributed by atoms with E-state index < -0.39 is 7.12 Å². The van der Waals surface area contributed by atoms with Crippen LogP contribution in [0, 0.1) is 0 Å². The molecule has 0 spiro atoms. The van der Waals surface area contributed by atoms with Crippen molar-refractivity contribution in [2.24, 2.45) is 0 Å². The van der Waals surface area contributed by atoms with Crippen molar-refractivity contribution >= 4 is 7.12 Å². The standard InChI is InChI=1S/C4H13BNO2.HI/c1-6(2,3)4-5(7)8;/h7-8H,4H2,1-3H3;1H/q+1;/p-1. The Balaban J connectivity index is 0. The van der Waals surface area contributed by atoms with Gasteiger partial charge in [0.05, 0.1) is 21.1 Å². The van der Waals surface area contributed by atoms with Gasteiger partial charge in [-0.2, -0.15) is 0 Å². The summed E-state index contributed by atoms with van der Waals surface area (Å²) in [6.07, 6.45) is 0.375. The van der Waals surface area contributed by atoms with E-state index in [2.05, 4.69) is 0 Å². The van der Waals surface area contributed by atoms with Gasteiger partial charge < -0.3 is 38.5 Å². The summed E-state index contributed by atoms with van der Waals surface area (Å²) in [6.45, 7) is 0. The largest absolute Gasteiger partial charge is 1.00 e. The zero-order valence-electron chi connectivity index (χ0n) is 6.00. The first-order valence-electron chi connectivity index (χ1n) is 2.58. The van der Waals surface area contributed by atoms with E-state index in [1.807, 2.05) is 21.1 Å². The molecule has 56 valence electrons. The highest BCUT2D eigenvalue weighted by atomic mass is 127. The fourth-order valence-electron chi connectivity index (χ4n) is 0.490. The Labute approximate surface area is 73.4 Å². The highest BCUT2D eigenvalue weighted by Gasteiger charge is 2.17. The van der Waals surface area contributed by atoms with Gasteiger partial charge in [-0.25, -0.2) is 0 Å². The lowest BCUT2D eigenvalue weighted by Gasteiger charge is -2.22. The highest BCUT2D eigenvalue weighted by Crippen LogP contribution is 1.87. The molecule has 0 heterocycles. The molecule has 0 saturated carbocycles. The molecule has 0 radical (unpaired) electrons. The predicted molar refractivity (Wildman–Crippen MR) is 33.1 cm³/mol. The Kier molecular flexibility index (Phi) is 6.16. The van der Waals surface area contributed by atoms with Crippen molar-refractivity contribution in [1.82, 2.24) is 0 Å². The van der Waals surface area contributed by atoms with Crippen LogP contribution >= 0.6 is 0 Å². The smallest absolute Gasteiger partial charge is 0.511 e. The molecule has 0 aliphatic heterocycles. The van der Waals surface area contributed by atoms with Crippen LogP contribution in [0.3, 0.4) is 0 Å². The average molecular weight is 245 g/mol. The molecule has 3 nitrogen and oxygen atoms in total. The SMILES string of the molecule is C[N+](C)(C)CB(O)O.[I-]. The van der Waals surface area contributed by atoms with Crippen LogP contribution in [0.1, 0.15) is 0 Å². The minimum Gasteiger partial charge on any atom is -1.00 e. The molecule has 0 rings (SSSR count). The topological polar surface area (TPSA) is 40.5 Å². The molecule has 0 atom stereocenters. The zero-order valence-corrected chi connectivity index (χ0v) is 8.16. The average Bonchev–Trinajstić information content (AvgIpc) is 1.21. The molecular formula is C4H13BINO2. The predicted octanol–water partition coefficient (Wildman–Crippen LogP) is -4.29. The van der Waals surface area contributed by atoms with Gasteiger partial charge in [-0.1, -0.05) is 0 Å². The third kappa shape index (κ3) is 12.0. The van der Waals surface area contributed by atoms with Crippen molar-refractivity contribution in [1.29, 1.82) is 0 Å². The normalized spacial score (nSPS) is 10.3. The van der Waals surface area contributed by atoms with E-state index in [1.165, 1.54) is 0 Å². The highest BCUT2D eigenvalue weighted by molar-refractivity contribution is 6.40. The lowest BCUT2D eigenvalue weighted by atomic mass is 9.91. The third-order valence-corrected chi connectivity index (χ3v) is 0.711. The van der Waals surface area contributed by atoms with Gasteiger partial charge in [0.1, 0.15) is 6.44 Å². The number of nitrogens with zero attached hydrogens (tertiary/aromatic N) is 1.